The molecule has 1 aliphatic rings. The lowest BCUT2D eigenvalue weighted by Gasteiger charge is -2.09. The van der Waals surface area contributed by atoms with Crippen molar-refractivity contribution >= 4 is 17.6 Å². The Hall–Kier alpha value is -3.10. The van der Waals surface area contributed by atoms with Crippen molar-refractivity contribution in [2.24, 2.45) is 5.92 Å². The van der Waals surface area contributed by atoms with Gasteiger partial charge in [-0.25, -0.2) is 4.79 Å². The maximum absolute atomic E-state index is 12.1. The number of nitrogens with one attached hydrogen (secondary N) is 1. The van der Waals surface area contributed by atoms with Gasteiger partial charge >= 0.3 is 5.97 Å². The van der Waals surface area contributed by atoms with Gasteiger partial charge in [0.2, 0.25) is 5.91 Å². The summed E-state index contributed by atoms with van der Waals surface area (Å²) in [4.78, 5) is 23.1. The highest BCUT2D eigenvalue weighted by Gasteiger charge is 2.23. The Morgan fingerprint density at radius 3 is 2.48 bits per heavy atom. The van der Waals surface area contributed by atoms with Gasteiger partial charge in [0, 0.05) is 23.4 Å². The Kier molecular flexibility index (Phi) is 5.12. The molecule has 126 valence electrons. The molecule has 25 heavy (non-hydrogen) atoms. The van der Waals surface area contributed by atoms with Crippen LogP contribution >= 0.6 is 0 Å². The molecule has 0 radical (unpaired) electrons. The lowest BCUT2D eigenvalue weighted by Crippen LogP contribution is -2.22. The predicted octanol–water partition coefficient (Wildman–Crippen LogP) is 2.76. The van der Waals surface area contributed by atoms with Crippen LogP contribution in [0.5, 0.6) is 0 Å². The number of carbonyl (C=O) groups excluding carboxylic acids is 1. The molecule has 1 atom stereocenters. The molecule has 0 spiro atoms. The monoisotopic (exact) mass is 335 g/mol. The minimum Gasteiger partial charge on any atom is -0.478 e. The number of ether oxygens (including phenoxy) is 1. The summed E-state index contributed by atoms with van der Waals surface area (Å²) in [7, 11) is 0. The number of aromatic carboxylic acids is 1. The van der Waals surface area contributed by atoms with E-state index in [0.29, 0.717) is 24.5 Å². The lowest BCUT2D eigenvalue weighted by atomic mass is 10.1. The summed E-state index contributed by atoms with van der Waals surface area (Å²) in [5.41, 5.74) is 2.24. The van der Waals surface area contributed by atoms with E-state index in [9.17, 15) is 9.59 Å². The Bertz CT molecular complexity index is 857. The van der Waals surface area contributed by atoms with E-state index >= 15 is 0 Å². The summed E-state index contributed by atoms with van der Waals surface area (Å²) in [5.74, 6) is 4.81. The Morgan fingerprint density at radius 2 is 1.80 bits per heavy atom. The molecule has 2 aromatic carbocycles. The maximum atomic E-state index is 12.1. The number of anilines is 1. The first-order chi connectivity index (χ1) is 12.1. The zero-order chi connectivity index (χ0) is 17.6. The second-order valence-electron chi connectivity index (χ2n) is 5.77. The molecule has 1 fully saturated rings. The van der Waals surface area contributed by atoms with Crippen molar-refractivity contribution in [2.75, 3.05) is 18.5 Å². The smallest absolute Gasteiger partial charge is 0.335 e. The highest BCUT2D eigenvalue weighted by atomic mass is 16.5. The van der Waals surface area contributed by atoms with Crippen LogP contribution < -0.4 is 5.32 Å². The standard InChI is InChI=1S/C20H17NO4/c22-19(17-9-10-25-13-17)21-18-6-2-4-15(12-18)8-7-14-3-1-5-16(11-14)20(23)24/h1-6,11-12,17H,9-10,13H2,(H,21,22)(H,23,24). The number of rotatable bonds is 3. The molecule has 0 aromatic heterocycles. The summed E-state index contributed by atoms with van der Waals surface area (Å²) in [6, 6.07) is 13.7. The Balaban J connectivity index is 1.73. The quantitative estimate of drug-likeness (QED) is 0.846. The largest absolute Gasteiger partial charge is 0.478 e. The van der Waals surface area contributed by atoms with E-state index < -0.39 is 5.97 Å². The summed E-state index contributed by atoms with van der Waals surface area (Å²) in [6.45, 7) is 1.09. The minimum absolute atomic E-state index is 0.0447. The third-order valence-corrected chi connectivity index (χ3v) is 3.89. The van der Waals surface area contributed by atoms with Gasteiger partial charge in [0.05, 0.1) is 18.1 Å². The molecule has 0 aliphatic carbocycles. The zero-order valence-electron chi connectivity index (χ0n) is 13.5. The normalized spacial score (nSPS) is 15.9. The summed E-state index contributed by atoms with van der Waals surface area (Å²) in [5, 5.41) is 11.9. The first-order valence-electron chi connectivity index (χ1n) is 7.96. The van der Waals surface area contributed by atoms with Crippen molar-refractivity contribution in [1.29, 1.82) is 0 Å². The molecule has 2 aromatic rings. The van der Waals surface area contributed by atoms with Crippen LogP contribution in [-0.2, 0) is 9.53 Å². The summed E-state index contributed by atoms with van der Waals surface area (Å²) < 4.78 is 5.23. The van der Waals surface area contributed by atoms with Gasteiger partial charge in [-0.15, -0.1) is 0 Å². The topological polar surface area (TPSA) is 75.6 Å². The average molecular weight is 335 g/mol. The van der Waals surface area contributed by atoms with Crippen LogP contribution in [0.3, 0.4) is 0 Å². The van der Waals surface area contributed by atoms with Gasteiger partial charge in [-0.1, -0.05) is 24.0 Å². The van der Waals surface area contributed by atoms with Crippen molar-refractivity contribution in [3.8, 4) is 11.8 Å². The SMILES string of the molecule is O=C(O)c1cccc(C#Cc2cccc(NC(=O)C3CCOC3)c2)c1. The van der Waals surface area contributed by atoms with Gasteiger partial charge in [0.25, 0.3) is 0 Å². The summed E-state index contributed by atoms with van der Waals surface area (Å²) >= 11 is 0. The van der Waals surface area contributed by atoms with Crippen LogP contribution in [-0.4, -0.2) is 30.2 Å². The summed E-state index contributed by atoms with van der Waals surface area (Å²) in [6.07, 6.45) is 0.741. The van der Waals surface area contributed by atoms with Gasteiger partial charge in [0.15, 0.2) is 0 Å². The molecular formula is C20H17NO4. The molecule has 1 saturated heterocycles. The van der Waals surface area contributed by atoms with Crippen LogP contribution in [0.2, 0.25) is 0 Å². The fourth-order valence-corrected chi connectivity index (χ4v) is 2.53. The molecule has 0 bridgehead atoms. The fraction of sp³-hybridized carbons (Fsp3) is 0.200. The van der Waals surface area contributed by atoms with E-state index in [2.05, 4.69) is 17.2 Å². The van der Waals surface area contributed by atoms with E-state index in [1.807, 2.05) is 18.2 Å². The first-order valence-corrected chi connectivity index (χ1v) is 7.96. The predicted molar refractivity (Wildman–Crippen MR) is 93.4 cm³/mol. The molecule has 1 amide bonds. The molecule has 0 saturated carbocycles. The van der Waals surface area contributed by atoms with Gasteiger partial charge in [-0.05, 0) is 42.8 Å². The highest BCUT2D eigenvalue weighted by molar-refractivity contribution is 5.93. The molecular weight excluding hydrogens is 318 g/mol. The Morgan fingerprint density at radius 1 is 1.08 bits per heavy atom. The second-order valence-corrected chi connectivity index (χ2v) is 5.77. The van der Waals surface area contributed by atoms with Crippen molar-refractivity contribution in [1.82, 2.24) is 0 Å². The number of amides is 1. The number of hydrogen-bond acceptors (Lipinski definition) is 3. The van der Waals surface area contributed by atoms with Crippen molar-refractivity contribution in [3.05, 3.63) is 65.2 Å². The van der Waals surface area contributed by atoms with E-state index in [0.717, 1.165) is 12.0 Å². The second kappa shape index (κ2) is 7.65. The molecule has 2 N–H and O–H groups in total. The van der Waals surface area contributed by atoms with Crippen LogP contribution in [0.15, 0.2) is 48.5 Å². The zero-order valence-corrected chi connectivity index (χ0v) is 13.5. The van der Waals surface area contributed by atoms with E-state index in [1.165, 1.54) is 12.1 Å². The number of carboxylic acids is 1. The van der Waals surface area contributed by atoms with Crippen molar-refractivity contribution in [3.63, 3.8) is 0 Å². The van der Waals surface area contributed by atoms with Crippen LogP contribution in [0, 0.1) is 17.8 Å². The Labute approximate surface area is 145 Å². The molecule has 1 heterocycles. The third-order valence-electron chi connectivity index (χ3n) is 3.89. The van der Waals surface area contributed by atoms with Gasteiger partial charge in [-0.2, -0.15) is 0 Å². The van der Waals surface area contributed by atoms with E-state index in [1.54, 1.807) is 18.2 Å². The molecule has 1 unspecified atom stereocenters. The molecule has 1 aliphatic heterocycles. The third kappa shape index (κ3) is 4.46. The number of hydrogen-bond donors (Lipinski definition) is 2. The number of carboxylic acid groups (broad SMARTS) is 1. The van der Waals surface area contributed by atoms with E-state index in [4.69, 9.17) is 9.84 Å². The van der Waals surface area contributed by atoms with Crippen molar-refractivity contribution in [2.45, 2.75) is 6.42 Å². The number of benzene rings is 2. The van der Waals surface area contributed by atoms with Gasteiger partial charge in [-0.3, -0.25) is 4.79 Å². The number of carbonyl (C=O) groups is 2. The molecule has 5 heteroatoms. The van der Waals surface area contributed by atoms with Crippen LogP contribution in [0.25, 0.3) is 0 Å². The van der Waals surface area contributed by atoms with Gasteiger partial charge < -0.3 is 15.2 Å². The first kappa shape index (κ1) is 16.7. The molecule has 3 rings (SSSR count). The fourth-order valence-electron chi connectivity index (χ4n) is 2.53. The maximum Gasteiger partial charge on any atom is 0.335 e. The highest BCUT2D eigenvalue weighted by Crippen LogP contribution is 2.16. The lowest BCUT2D eigenvalue weighted by molar-refractivity contribution is -0.119. The van der Waals surface area contributed by atoms with Crippen LogP contribution in [0.4, 0.5) is 5.69 Å². The minimum atomic E-state index is -0.982. The average Bonchev–Trinajstić information content (AvgIpc) is 3.15. The van der Waals surface area contributed by atoms with E-state index in [-0.39, 0.29) is 17.4 Å². The molecule has 5 nitrogen and oxygen atoms in total. The van der Waals surface area contributed by atoms with Crippen molar-refractivity contribution < 1.29 is 19.4 Å². The van der Waals surface area contributed by atoms with Crippen LogP contribution in [0.1, 0.15) is 27.9 Å². The van der Waals surface area contributed by atoms with Gasteiger partial charge in [0.1, 0.15) is 0 Å².